The number of anilines is 1. The third-order valence-corrected chi connectivity index (χ3v) is 8.90. The highest BCUT2D eigenvalue weighted by molar-refractivity contribution is 7.91. The highest BCUT2D eigenvalue weighted by Gasteiger charge is 2.23. The van der Waals surface area contributed by atoms with Gasteiger partial charge in [0.2, 0.25) is 15.7 Å². The van der Waals surface area contributed by atoms with Crippen LogP contribution in [0.2, 0.25) is 5.02 Å². The lowest BCUT2D eigenvalue weighted by Gasteiger charge is -2.33. The number of sulfone groups is 1. The van der Waals surface area contributed by atoms with E-state index in [9.17, 15) is 13.2 Å². The number of rotatable bonds is 7. The molecular weight excluding hydrogens is 492 g/mol. The van der Waals surface area contributed by atoms with Gasteiger partial charge in [-0.05, 0) is 104 Å². The minimum Gasteiger partial charge on any atom is -0.326 e. The standard InChI is InChI=1S/C29H33ClN2O3S/c1-20(2)29(33)31-25-9-4-21(3)28(18-25)23-14-16-32(17-15-23)19-22-5-10-26(11-6-22)36(34,35)27-12-7-24(30)8-13-27/h4-13,18,20,23H,14-17,19H2,1-3H3,(H,31,33). The quantitative estimate of drug-likeness (QED) is 0.385. The van der Waals surface area contributed by atoms with Gasteiger partial charge in [-0.3, -0.25) is 9.69 Å². The van der Waals surface area contributed by atoms with Crippen LogP contribution in [0, 0.1) is 12.8 Å². The third-order valence-electron chi connectivity index (χ3n) is 6.86. The molecule has 0 bridgehead atoms. The van der Waals surface area contributed by atoms with Crippen LogP contribution in [0.3, 0.4) is 0 Å². The summed E-state index contributed by atoms with van der Waals surface area (Å²) in [5.74, 6) is 0.445. The molecule has 1 fully saturated rings. The first-order chi connectivity index (χ1) is 17.1. The molecule has 1 N–H and O–H groups in total. The van der Waals surface area contributed by atoms with Crippen LogP contribution < -0.4 is 5.32 Å². The van der Waals surface area contributed by atoms with E-state index in [2.05, 4.69) is 29.3 Å². The fourth-order valence-electron chi connectivity index (χ4n) is 4.63. The lowest BCUT2D eigenvalue weighted by Crippen LogP contribution is -2.32. The number of halogens is 1. The monoisotopic (exact) mass is 524 g/mol. The number of hydrogen-bond acceptors (Lipinski definition) is 4. The summed E-state index contributed by atoms with van der Waals surface area (Å²) < 4.78 is 25.8. The van der Waals surface area contributed by atoms with Gasteiger partial charge in [-0.2, -0.15) is 0 Å². The van der Waals surface area contributed by atoms with E-state index < -0.39 is 9.84 Å². The predicted molar refractivity (Wildman–Crippen MR) is 145 cm³/mol. The van der Waals surface area contributed by atoms with Crippen molar-refractivity contribution in [3.05, 3.63) is 88.4 Å². The summed E-state index contributed by atoms with van der Waals surface area (Å²) in [6.07, 6.45) is 2.09. The van der Waals surface area contributed by atoms with Crippen molar-refractivity contribution in [1.29, 1.82) is 0 Å². The second-order valence-corrected chi connectivity index (χ2v) is 12.3. The Bertz CT molecular complexity index is 1310. The Morgan fingerprint density at radius 3 is 2.14 bits per heavy atom. The molecule has 7 heteroatoms. The van der Waals surface area contributed by atoms with E-state index in [0.29, 0.717) is 10.9 Å². The topological polar surface area (TPSA) is 66.5 Å². The van der Waals surface area contributed by atoms with Gasteiger partial charge in [-0.1, -0.05) is 43.6 Å². The number of carbonyl (C=O) groups excluding carboxylic acids is 1. The molecule has 1 aliphatic rings. The Hall–Kier alpha value is -2.67. The van der Waals surface area contributed by atoms with Gasteiger partial charge in [0, 0.05) is 23.2 Å². The highest BCUT2D eigenvalue weighted by atomic mass is 35.5. The largest absolute Gasteiger partial charge is 0.326 e. The molecule has 1 aliphatic heterocycles. The van der Waals surface area contributed by atoms with Gasteiger partial charge in [0.15, 0.2) is 0 Å². The highest BCUT2D eigenvalue weighted by Crippen LogP contribution is 2.33. The fraction of sp³-hybridized carbons (Fsp3) is 0.345. The maximum Gasteiger partial charge on any atom is 0.226 e. The molecule has 0 spiro atoms. The molecule has 0 aliphatic carbocycles. The van der Waals surface area contributed by atoms with Crippen molar-refractivity contribution < 1.29 is 13.2 Å². The predicted octanol–water partition coefficient (Wildman–Crippen LogP) is 6.46. The maximum atomic E-state index is 12.9. The van der Waals surface area contributed by atoms with Crippen LogP contribution in [0.25, 0.3) is 0 Å². The summed E-state index contributed by atoms with van der Waals surface area (Å²) in [4.78, 5) is 15.0. The molecule has 4 rings (SSSR count). The average Bonchev–Trinajstić information content (AvgIpc) is 2.86. The molecular formula is C29H33ClN2O3S. The van der Waals surface area contributed by atoms with Gasteiger partial charge in [0.25, 0.3) is 0 Å². The van der Waals surface area contributed by atoms with E-state index in [4.69, 9.17) is 11.6 Å². The van der Waals surface area contributed by atoms with Gasteiger partial charge in [-0.25, -0.2) is 8.42 Å². The Morgan fingerprint density at radius 2 is 1.56 bits per heavy atom. The number of likely N-dealkylation sites (tertiary alicyclic amines) is 1. The molecule has 0 unspecified atom stereocenters. The van der Waals surface area contributed by atoms with E-state index in [1.165, 1.54) is 23.3 Å². The van der Waals surface area contributed by atoms with Crippen molar-refractivity contribution in [3.8, 4) is 0 Å². The molecule has 0 aromatic heterocycles. The van der Waals surface area contributed by atoms with Crippen LogP contribution >= 0.6 is 11.6 Å². The zero-order chi connectivity index (χ0) is 25.9. The number of aryl methyl sites for hydroxylation is 1. The van der Waals surface area contributed by atoms with Crippen LogP contribution in [0.5, 0.6) is 0 Å². The van der Waals surface area contributed by atoms with Crippen molar-refractivity contribution >= 4 is 33.0 Å². The van der Waals surface area contributed by atoms with Crippen molar-refractivity contribution in [2.45, 2.75) is 55.9 Å². The van der Waals surface area contributed by atoms with E-state index in [1.807, 2.05) is 32.0 Å². The number of benzene rings is 3. The summed E-state index contributed by atoms with van der Waals surface area (Å²) >= 11 is 5.89. The summed E-state index contributed by atoms with van der Waals surface area (Å²) in [6.45, 7) is 8.65. The Balaban J connectivity index is 1.36. The van der Waals surface area contributed by atoms with Gasteiger partial charge in [0.1, 0.15) is 0 Å². The number of piperidine rings is 1. The molecule has 5 nitrogen and oxygen atoms in total. The minimum atomic E-state index is -3.56. The maximum absolute atomic E-state index is 12.9. The smallest absolute Gasteiger partial charge is 0.226 e. The second kappa shape index (κ2) is 11.2. The van der Waals surface area contributed by atoms with Crippen molar-refractivity contribution in [2.75, 3.05) is 18.4 Å². The first kappa shape index (κ1) is 26.4. The lowest BCUT2D eigenvalue weighted by atomic mass is 9.86. The summed E-state index contributed by atoms with van der Waals surface area (Å²) in [5.41, 5.74) is 4.53. The molecule has 3 aromatic rings. The van der Waals surface area contributed by atoms with Crippen molar-refractivity contribution in [3.63, 3.8) is 0 Å². The van der Waals surface area contributed by atoms with E-state index in [-0.39, 0.29) is 21.6 Å². The average molecular weight is 525 g/mol. The number of carbonyl (C=O) groups is 1. The first-order valence-electron chi connectivity index (χ1n) is 12.4. The van der Waals surface area contributed by atoms with Crippen LogP contribution in [-0.4, -0.2) is 32.3 Å². The molecule has 1 heterocycles. The zero-order valence-electron chi connectivity index (χ0n) is 21.0. The van der Waals surface area contributed by atoms with Crippen LogP contribution in [0.1, 0.15) is 49.3 Å². The molecule has 3 aromatic carbocycles. The SMILES string of the molecule is Cc1ccc(NC(=O)C(C)C)cc1C1CCN(Cc2ccc(S(=O)(=O)c3ccc(Cl)cc3)cc2)CC1. The third kappa shape index (κ3) is 6.17. The Kier molecular flexibility index (Phi) is 8.18. The number of hydrogen-bond donors (Lipinski definition) is 1. The molecule has 0 atom stereocenters. The number of amides is 1. The van der Waals surface area contributed by atoms with Crippen molar-refractivity contribution in [2.24, 2.45) is 5.92 Å². The molecule has 0 radical (unpaired) electrons. The van der Waals surface area contributed by atoms with E-state index in [0.717, 1.165) is 43.7 Å². The molecule has 1 amide bonds. The Labute approximate surface area is 219 Å². The summed E-state index contributed by atoms with van der Waals surface area (Å²) in [5, 5.41) is 3.53. The zero-order valence-corrected chi connectivity index (χ0v) is 22.6. The summed E-state index contributed by atoms with van der Waals surface area (Å²) in [7, 11) is -3.56. The molecule has 190 valence electrons. The van der Waals surface area contributed by atoms with Gasteiger partial charge in [-0.15, -0.1) is 0 Å². The fourth-order valence-corrected chi connectivity index (χ4v) is 6.02. The van der Waals surface area contributed by atoms with Crippen LogP contribution in [0.15, 0.2) is 76.5 Å². The number of nitrogens with one attached hydrogen (secondary N) is 1. The number of nitrogens with zero attached hydrogens (tertiary/aromatic N) is 1. The van der Waals surface area contributed by atoms with Crippen LogP contribution in [-0.2, 0) is 21.2 Å². The van der Waals surface area contributed by atoms with E-state index in [1.54, 1.807) is 24.3 Å². The normalized spacial score (nSPS) is 15.2. The van der Waals surface area contributed by atoms with E-state index >= 15 is 0 Å². The molecule has 0 saturated carbocycles. The lowest BCUT2D eigenvalue weighted by molar-refractivity contribution is -0.118. The van der Waals surface area contributed by atoms with Crippen molar-refractivity contribution in [1.82, 2.24) is 4.90 Å². The summed E-state index contributed by atoms with van der Waals surface area (Å²) in [6, 6.07) is 19.6. The molecule has 36 heavy (non-hydrogen) atoms. The molecule has 1 saturated heterocycles. The van der Waals surface area contributed by atoms with Crippen LogP contribution in [0.4, 0.5) is 5.69 Å². The Morgan fingerprint density at radius 1 is 0.972 bits per heavy atom. The second-order valence-electron chi connectivity index (χ2n) is 9.87. The van der Waals surface area contributed by atoms with Gasteiger partial charge < -0.3 is 5.32 Å². The minimum absolute atomic E-state index is 0.0339. The first-order valence-corrected chi connectivity index (χ1v) is 14.2. The van der Waals surface area contributed by atoms with Gasteiger partial charge >= 0.3 is 0 Å². The van der Waals surface area contributed by atoms with Gasteiger partial charge in [0.05, 0.1) is 9.79 Å².